The number of rotatable bonds is 6. The van der Waals surface area contributed by atoms with Crippen LogP contribution in [-0.2, 0) is 20.7 Å². The Balaban J connectivity index is 1.44. The van der Waals surface area contributed by atoms with E-state index in [4.69, 9.17) is 9.47 Å². The molecule has 25 heavy (non-hydrogen) atoms. The van der Waals surface area contributed by atoms with Crippen LogP contribution in [0.3, 0.4) is 0 Å². The monoisotopic (exact) mass is 349 g/mol. The molecule has 2 aliphatic heterocycles. The Labute approximate surface area is 149 Å². The number of halogens is 1. The molecule has 0 aliphatic carbocycles. The zero-order chi connectivity index (χ0) is 17.5. The van der Waals surface area contributed by atoms with Crippen LogP contribution in [0.15, 0.2) is 24.3 Å². The van der Waals surface area contributed by atoms with Crippen LogP contribution in [0.25, 0.3) is 0 Å². The molecule has 2 saturated heterocycles. The number of ether oxygens (including phenoxy) is 2. The Morgan fingerprint density at radius 3 is 2.56 bits per heavy atom. The highest BCUT2D eigenvalue weighted by Gasteiger charge is 2.34. The van der Waals surface area contributed by atoms with Crippen molar-refractivity contribution in [3.8, 4) is 0 Å². The van der Waals surface area contributed by atoms with E-state index in [1.807, 2.05) is 0 Å². The Bertz CT molecular complexity index is 542. The van der Waals surface area contributed by atoms with Crippen molar-refractivity contribution >= 4 is 5.91 Å². The quantitative estimate of drug-likeness (QED) is 0.858. The van der Waals surface area contributed by atoms with Crippen LogP contribution in [0, 0.1) is 17.7 Å². The van der Waals surface area contributed by atoms with E-state index >= 15 is 0 Å². The third-order valence-electron chi connectivity index (χ3n) is 5.40. The number of aryl methyl sites for hydroxylation is 1. The maximum absolute atomic E-state index is 12.9. The number of hydrogen-bond donors (Lipinski definition) is 1. The van der Waals surface area contributed by atoms with Gasteiger partial charge in [0.1, 0.15) is 5.82 Å². The summed E-state index contributed by atoms with van der Waals surface area (Å²) < 4.78 is 24.0. The number of carbonyl (C=O) groups is 1. The van der Waals surface area contributed by atoms with E-state index in [1.165, 1.54) is 12.1 Å². The SMILES string of the molecule is O=C(CCCc1ccc(F)cc1)N[C@@H]1CCOC[C@@H]1C1CCOCC1. The van der Waals surface area contributed by atoms with Crippen molar-refractivity contribution in [3.63, 3.8) is 0 Å². The summed E-state index contributed by atoms with van der Waals surface area (Å²) in [5.41, 5.74) is 1.07. The van der Waals surface area contributed by atoms with Gasteiger partial charge < -0.3 is 14.8 Å². The number of carbonyl (C=O) groups excluding carboxylic acids is 1. The van der Waals surface area contributed by atoms with Crippen molar-refractivity contribution in [2.45, 2.75) is 44.6 Å². The lowest BCUT2D eigenvalue weighted by atomic mass is 9.79. The summed E-state index contributed by atoms with van der Waals surface area (Å²) in [6.45, 7) is 3.10. The first-order valence-corrected chi connectivity index (χ1v) is 9.41. The summed E-state index contributed by atoms with van der Waals surface area (Å²) in [5, 5.41) is 3.24. The van der Waals surface area contributed by atoms with E-state index in [-0.39, 0.29) is 17.8 Å². The molecule has 5 heteroatoms. The van der Waals surface area contributed by atoms with Gasteiger partial charge in [0.2, 0.25) is 5.91 Å². The topological polar surface area (TPSA) is 47.6 Å². The van der Waals surface area contributed by atoms with Crippen molar-refractivity contribution in [2.24, 2.45) is 11.8 Å². The maximum Gasteiger partial charge on any atom is 0.220 e. The minimum Gasteiger partial charge on any atom is -0.381 e. The first-order chi connectivity index (χ1) is 12.2. The van der Waals surface area contributed by atoms with Crippen LogP contribution in [-0.4, -0.2) is 38.4 Å². The van der Waals surface area contributed by atoms with Crippen molar-refractivity contribution in [2.75, 3.05) is 26.4 Å². The molecule has 138 valence electrons. The molecule has 2 atom stereocenters. The lowest BCUT2D eigenvalue weighted by molar-refractivity contribution is -0.124. The van der Waals surface area contributed by atoms with Crippen molar-refractivity contribution in [1.29, 1.82) is 0 Å². The summed E-state index contributed by atoms with van der Waals surface area (Å²) in [7, 11) is 0. The van der Waals surface area contributed by atoms with Crippen molar-refractivity contribution < 1.29 is 18.7 Å². The molecule has 0 unspecified atom stereocenters. The Kier molecular flexibility index (Phi) is 6.82. The molecule has 0 bridgehead atoms. The van der Waals surface area contributed by atoms with Crippen LogP contribution in [0.2, 0.25) is 0 Å². The molecule has 0 spiro atoms. The number of benzene rings is 1. The van der Waals surface area contributed by atoms with Crippen LogP contribution < -0.4 is 5.32 Å². The van der Waals surface area contributed by atoms with E-state index < -0.39 is 0 Å². The van der Waals surface area contributed by atoms with Crippen LogP contribution >= 0.6 is 0 Å². The molecular weight excluding hydrogens is 321 g/mol. The molecule has 2 fully saturated rings. The number of nitrogens with one attached hydrogen (secondary N) is 1. The second-order valence-corrected chi connectivity index (χ2v) is 7.13. The van der Waals surface area contributed by atoms with E-state index in [1.54, 1.807) is 12.1 Å². The van der Waals surface area contributed by atoms with Gasteiger partial charge in [0.25, 0.3) is 0 Å². The molecule has 0 saturated carbocycles. The van der Waals surface area contributed by atoms with Gasteiger partial charge in [-0.15, -0.1) is 0 Å². The van der Waals surface area contributed by atoms with Gasteiger partial charge in [-0.05, 0) is 55.7 Å². The summed E-state index contributed by atoms with van der Waals surface area (Å²) in [6.07, 6.45) is 5.10. The van der Waals surface area contributed by atoms with Gasteiger partial charge >= 0.3 is 0 Å². The van der Waals surface area contributed by atoms with E-state index in [9.17, 15) is 9.18 Å². The summed E-state index contributed by atoms with van der Waals surface area (Å²) in [4.78, 5) is 12.3. The molecule has 3 rings (SSSR count). The molecule has 0 radical (unpaired) electrons. The molecule has 2 heterocycles. The Morgan fingerprint density at radius 1 is 1.08 bits per heavy atom. The minimum absolute atomic E-state index is 0.117. The predicted octanol–water partition coefficient (Wildman–Crippen LogP) is 3.10. The highest BCUT2D eigenvalue weighted by molar-refractivity contribution is 5.76. The molecular formula is C20H28FNO3. The average Bonchev–Trinajstić information content (AvgIpc) is 2.64. The number of amides is 1. The summed E-state index contributed by atoms with van der Waals surface area (Å²) >= 11 is 0. The van der Waals surface area contributed by atoms with Gasteiger partial charge in [0.05, 0.1) is 6.61 Å². The van der Waals surface area contributed by atoms with Gasteiger partial charge in [0, 0.05) is 38.2 Å². The third-order valence-corrected chi connectivity index (χ3v) is 5.40. The normalized spacial score (nSPS) is 24.8. The van der Waals surface area contributed by atoms with Gasteiger partial charge in [-0.25, -0.2) is 4.39 Å². The van der Waals surface area contributed by atoms with E-state index in [0.29, 0.717) is 18.3 Å². The Morgan fingerprint density at radius 2 is 1.80 bits per heavy atom. The number of hydrogen-bond acceptors (Lipinski definition) is 3. The molecule has 2 aliphatic rings. The first-order valence-electron chi connectivity index (χ1n) is 9.41. The van der Waals surface area contributed by atoms with E-state index in [0.717, 1.165) is 64.1 Å². The van der Waals surface area contributed by atoms with Crippen molar-refractivity contribution in [3.05, 3.63) is 35.6 Å². The Hall–Kier alpha value is -1.46. The zero-order valence-electron chi connectivity index (χ0n) is 14.7. The van der Waals surface area contributed by atoms with Gasteiger partial charge in [-0.3, -0.25) is 4.79 Å². The second-order valence-electron chi connectivity index (χ2n) is 7.13. The largest absolute Gasteiger partial charge is 0.381 e. The molecule has 0 aromatic heterocycles. The van der Waals surface area contributed by atoms with Gasteiger partial charge in [0.15, 0.2) is 0 Å². The summed E-state index contributed by atoms with van der Waals surface area (Å²) in [6, 6.07) is 6.72. The smallest absolute Gasteiger partial charge is 0.220 e. The van der Waals surface area contributed by atoms with Crippen LogP contribution in [0.4, 0.5) is 4.39 Å². The van der Waals surface area contributed by atoms with Crippen molar-refractivity contribution in [1.82, 2.24) is 5.32 Å². The zero-order valence-corrected chi connectivity index (χ0v) is 14.7. The predicted molar refractivity (Wildman–Crippen MR) is 93.7 cm³/mol. The van der Waals surface area contributed by atoms with E-state index in [2.05, 4.69) is 5.32 Å². The highest BCUT2D eigenvalue weighted by atomic mass is 19.1. The minimum atomic E-state index is -0.222. The molecule has 1 aromatic carbocycles. The first kappa shape index (κ1) is 18.3. The van der Waals surface area contributed by atoms with Gasteiger partial charge in [-0.1, -0.05) is 12.1 Å². The van der Waals surface area contributed by atoms with Crippen LogP contribution in [0.5, 0.6) is 0 Å². The third kappa shape index (κ3) is 5.51. The fourth-order valence-corrected chi connectivity index (χ4v) is 3.93. The average molecular weight is 349 g/mol. The lowest BCUT2D eigenvalue weighted by Gasteiger charge is -2.39. The second kappa shape index (κ2) is 9.30. The van der Waals surface area contributed by atoms with Gasteiger partial charge in [-0.2, -0.15) is 0 Å². The highest BCUT2D eigenvalue weighted by Crippen LogP contribution is 2.30. The molecule has 1 amide bonds. The molecule has 4 nitrogen and oxygen atoms in total. The lowest BCUT2D eigenvalue weighted by Crippen LogP contribution is -2.49. The fraction of sp³-hybridized carbons (Fsp3) is 0.650. The maximum atomic E-state index is 12.9. The standard InChI is InChI=1S/C20H28FNO3/c21-17-6-4-15(5-7-17)2-1-3-20(23)22-19-10-13-25-14-18(19)16-8-11-24-12-9-16/h4-7,16,18-19H,1-3,8-14H2,(H,22,23)/t18-,19-/m1/s1. The molecule has 1 N–H and O–H groups in total. The summed E-state index contributed by atoms with van der Waals surface area (Å²) in [5.74, 6) is 0.878. The molecule has 1 aromatic rings. The fourth-order valence-electron chi connectivity index (χ4n) is 3.93. The van der Waals surface area contributed by atoms with Crippen LogP contribution in [0.1, 0.15) is 37.7 Å².